The van der Waals surface area contributed by atoms with Crippen LogP contribution in [-0.4, -0.2) is 36.7 Å². The number of nitrogens with one attached hydrogen (secondary N) is 1. The van der Waals surface area contributed by atoms with Gasteiger partial charge in [0.1, 0.15) is 17.2 Å². The lowest BCUT2D eigenvalue weighted by atomic mass is 9.63. The third-order valence-electron chi connectivity index (χ3n) is 8.26. The van der Waals surface area contributed by atoms with Crippen LogP contribution < -0.4 is 15.0 Å². The Hall–Kier alpha value is -3.90. The number of hydrogen-bond donors (Lipinski definition) is 1. The number of benzene rings is 3. The molecule has 7 heteroatoms. The molecule has 1 fully saturated rings. The van der Waals surface area contributed by atoms with Crippen LogP contribution >= 0.6 is 11.6 Å². The molecule has 0 radical (unpaired) electrons. The van der Waals surface area contributed by atoms with Gasteiger partial charge < -0.3 is 15.0 Å². The number of ether oxygens (including phenoxy) is 1. The van der Waals surface area contributed by atoms with Gasteiger partial charge in [0.25, 0.3) is 0 Å². The highest BCUT2D eigenvalue weighted by Gasteiger charge is 2.70. The van der Waals surface area contributed by atoms with Gasteiger partial charge >= 0.3 is 0 Å². The number of carbonyl (C=O) groups excluding carboxylic acids is 3. The number of halogens is 1. The van der Waals surface area contributed by atoms with Crippen LogP contribution in [-0.2, 0) is 15.0 Å². The zero-order valence-corrected chi connectivity index (χ0v) is 23.0. The highest BCUT2D eigenvalue weighted by atomic mass is 35.5. The van der Waals surface area contributed by atoms with Crippen molar-refractivity contribution in [1.82, 2.24) is 0 Å². The van der Waals surface area contributed by atoms with E-state index in [4.69, 9.17) is 16.3 Å². The Balaban J connectivity index is 1.67. The fraction of sp³-hybridized carbons (Fsp3) is 0.281. The van der Waals surface area contributed by atoms with Crippen molar-refractivity contribution in [2.75, 3.05) is 17.3 Å². The van der Waals surface area contributed by atoms with E-state index in [1.54, 1.807) is 31.4 Å². The van der Waals surface area contributed by atoms with Crippen LogP contribution in [0.2, 0.25) is 5.02 Å². The predicted octanol–water partition coefficient (Wildman–Crippen LogP) is 5.94. The zero-order chi connectivity index (χ0) is 27.7. The molecule has 0 saturated carbocycles. The average molecular weight is 541 g/mol. The van der Waals surface area contributed by atoms with E-state index in [0.717, 1.165) is 16.8 Å². The number of Topliss-reactive ketones (excluding diaryl/α,β-unsaturated/α-hetero) is 2. The highest BCUT2D eigenvalue weighted by Crippen LogP contribution is 2.58. The first-order chi connectivity index (χ1) is 18.6. The van der Waals surface area contributed by atoms with Crippen molar-refractivity contribution in [3.63, 3.8) is 0 Å². The van der Waals surface area contributed by atoms with Crippen LogP contribution in [0.4, 0.5) is 11.4 Å². The molecule has 198 valence electrons. The van der Waals surface area contributed by atoms with Gasteiger partial charge in [-0.15, -0.1) is 0 Å². The van der Waals surface area contributed by atoms with Crippen molar-refractivity contribution in [2.45, 2.75) is 38.3 Å². The Labute approximate surface area is 232 Å². The van der Waals surface area contributed by atoms with Crippen molar-refractivity contribution in [3.05, 3.63) is 94.5 Å². The maximum absolute atomic E-state index is 14.6. The van der Waals surface area contributed by atoms with Gasteiger partial charge in [-0.3, -0.25) is 14.4 Å². The lowest BCUT2D eigenvalue weighted by Crippen LogP contribution is -2.51. The third-order valence-corrected chi connectivity index (χ3v) is 8.51. The van der Waals surface area contributed by atoms with E-state index in [-0.39, 0.29) is 17.5 Å². The smallest absolute Gasteiger partial charge is 0.238 e. The lowest BCUT2D eigenvalue weighted by molar-refractivity contribution is -0.128. The molecule has 0 bridgehead atoms. The number of rotatable bonds is 4. The second kappa shape index (κ2) is 8.82. The fourth-order valence-electron chi connectivity index (χ4n) is 6.52. The number of fused-ring (bicyclic) bond motifs is 6. The van der Waals surface area contributed by atoms with E-state index in [1.807, 2.05) is 80.3 Å². The highest BCUT2D eigenvalue weighted by molar-refractivity contribution is 6.30. The summed E-state index contributed by atoms with van der Waals surface area (Å²) in [6, 6.07) is 18.3. The molecule has 1 saturated heterocycles. The summed E-state index contributed by atoms with van der Waals surface area (Å²) in [6.07, 6.45) is 3.92. The van der Waals surface area contributed by atoms with Crippen molar-refractivity contribution in [1.29, 1.82) is 0 Å². The van der Waals surface area contributed by atoms with Gasteiger partial charge in [0.05, 0.1) is 19.1 Å². The van der Waals surface area contributed by atoms with Crippen molar-refractivity contribution in [2.24, 2.45) is 11.3 Å². The quantitative estimate of drug-likeness (QED) is 0.415. The van der Waals surface area contributed by atoms with Crippen molar-refractivity contribution in [3.8, 4) is 5.75 Å². The summed E-state index contributed by atoms with van der Waals surface area (Å²) in [5.74, 6) is -0.958. The fourth-order valence-corrected chi connectivity index (χ4v) is 6.65. The van der Waals surface area contributed by atoms with Gasteiger partial charge in [0.15, 0.2) is 11.6 Å². The molecule has 3 heterocycles. The summed E-state index contributed by atoms with van der Waals surface area (Å²) < 4.78 is 5.46. The molecule has 3 aliphatic rings. The third kappa shape index (κ3) is 3.58. The van der Waals surface area contributed by atoms with Gasteiger partial charge in [-0.1, -0.05) is 62.7 Å². The largest absolute Gasteiger partial charge is 0.497 e. The Bertz CT molecular complexity index is 1560. The van der Waals surface area contributed by atoms with Gasteiger partial charge in [0, 0.05) is 32.9 Å². The van der Waals surface area contributed by atoms with E-state index in [2.05, 4.69) is 5.32 Å². The second-order valence-electron chi connectivity index (χ2n) is 11.4. The number of carbonyl (C=O) groups is 3. The summed E-state index contributed by atoms with van der Waals surface area (Å²) in [5.41, 5.74) is 1.34. The summed E-state index contributed by atoms with van der Waals surface area (Å²) in [7, 11) is 1.61. The van der Waals surface area contributed by atoms with E-state index in [1.165, 1.54) is 0 Å². The first kappa shape index (κ1) is 25.4. The van der Waals surface area contributed by atoms with Crippen LogP contribution in [0.3, 0.4) is 0 Å². The van der Waals surface area contributed by atoms with Gasteiger partial charge in [0.2, 0.25) is 5.91 Å². The topological polar surface area (TPSA) is 75.7 Å². The molecule has 0 aromatic heterocycles. The summed E-state index contributed by atoms with van der Waals surface area (Å²) in [5, 5.41) is 3.55. The monoisotopic (exact) mass is 540 g/mol. The number of amides is 1. The first-order valence-corrected chi connectivity index (χ1v) is 13.4. The number of para-hydroxylation sites is 1. The molecule has 1 spiro atoms. The van der Waals surface area contributed by atoms with Crippen LogP contribution in [0, 0.1) is 11.3 Å². The number of methoxy groups -OCH3 is 1. The standard InChI is InChI=1S/C32H29ClN2O4/c1-31(2,3)29(37)27-26(28(36)18-9-12-20(33)13-10-18)32(22-7-5-6-8-23(22)34-30(32)38)25-16-11-19-17-21(39-4)14-15-24(19)35(25)27/h5-17,25-27H,1-4H3,(H,34,38)/t25-,26+,27-,32-/m1/s1. The summed E-state index contributed by atoms with van der Waals surface area (Å²) in [4.78, 5) is 45.3. The molecular weight excluding hydrogens is 512 g/mol. The Morgan fingerprint density at radius 3 is 2.44 bits per heavy atom. The van der Waals surface area contributed by atoms with E-state index >= 15 is 0 Å². The molecule has 1 amide bonds. The zero-order valence-electron chi connectivity index (χ0n) is 22.2. The lowest BCUT2D eigenvalue weighted by Gasteiger charge is -2.38. The molecule has 39 heavy (non-hydrogen) atoms. The average Bonchev–Trinajstić information content (AvgIpc) is 3.40. The molecule has 3 aromatic carbocycles. The molecule has 0 aliphatic carbocycles. The van der Waals surface area contributed by atoms with Crippen LogP contribution in [0.5, 0.6) is 5.75 Å². The number of hydrogen-bond acceptors (Lipinski definition) is 5. The minimum atomic E-state index is -1.33. The molecule has 0 unspecified atom stereocenters. The predicted molar refractivity (Wildman–Crippen MR) is 153 cm³/mol. The summed E-state index contributed by atoms with van der Waals surface area (Å²) >= 11 is 6.15. The Morgan fingerprint density at radius 1 is 1.03 bits per heavy atom. The van der Waals surface area contributed by atoms with Gasteiger partial charge in [-0.05, 0) is 54.1 Å². The molecule has 3 aromatic rings. The Kier molecular flexibility index (Phi) is 5.74. The molecule has 1 N–H and O–H groups in total. The van der Waals surface area contributed by atoms with Crippen LogP contribution in [0.25, 0.3) is 6.08 Å². The molecule has 6 nitrogen and oxygen atoms in total. The number of ketones is 2. The van der Waals surface area contributed by atoms with Crippen molar-refractivity contribution < 1.29 is 19.1 Å². The van der Waals surface area contributed by atoms with Gasteiger partial charge in [-0.2, -0.15) is 0 Å². The minimum Gasteiger partial charge on any atom is -0.497 e. The molecule has 3 aliphatic heterocycles. The summed E-state index contributed by atoms with van der Waals surface area (Å²) in [6.45, 7) is 5.57. The maximum Gasteiger partial charge on any atom is 0.238 e. The van der Waals surface area contributed by atoms with Crippen LogP contribution in [0.1, 0.15) is 42.3 Å². The Morgan fingerprint density at radius 2 is 1.74 bits per heavy atom. The van der Waals surface area contributed by atoms with E-state index in [0.29, 0.717) is 22.0 Å². The molecular formula is C32H29ClN2O4. The van der Waals surface area contributed by atoms with E-state index < -0.39 is 28.8 Å². The number of anilines is 2. The SMILES string of the molecule is COc1ccc2c(c1)C=C[C@H]1N2[C@@H](C(=O)C(C)(C)C)[C@@H](C(=O)c2ccc(Cl)cc2)[C@]12C(=O)Nc1ccccc12. The molecule has 4 atom stereocenters. The number of nitrogens with zero attached hydrogens (tertiary/aromatic N) is 1. The van der Waals surface area contributed by atoms with Crippen molar-refractivity contribution >= 4 is 46.5 Å². The maximum atomic E-state index is 14.6. The minimum absolute atomic E-state index is 0.106. The van der Waals surface area contributed by atoms with E-state index in [9.17, 15) is 14.4 Å². The first-order valence-electron chi connectivity index (χ1n) is 13.0. The van der Waals surface area contributed by atoms with Crippen LogP contribution in [0.15, 0.2) is 72.8 Å². The second-order valence-corrected chi connectivity index (χ2v) is 11.8. The molecule has 6 rings (SSSR count). The van der Waals surface area contributed by atoms with Gasteiger partial charge in [-0.25, -0.2) is 0 Å². The normalized spacial score (nSPS) is 24.7.